The Kier molecular flexibility index (Phi) is 6.52. The number of rotatable bonds is 5. The van der Waals surface area contributed by atoms with E-state index in [4.69, 9.17) is 4.74 Å². The minimum absolute atomic E-state index is 0.0377. The van der Waals surface area contributed by atoms with Crippen molar-refractivity contribution < 1.29 is 27.1 Å². The zero-order valence-electron chi connectivity index (χ0n) is 15.2. The van der Waals surface area contributed by atoms with Crippen LogP contribution in [0.4, 0.5) is 17.6 Å². The molecule has 2 heterocycles. The maximum atomic E-state index is 13.8. The summed E-state index contributed by atoms with van der Waals surface area (Å²) in [4.78, 5) is 15.0. The molecule has 2 aliphatic heterocycles. The summed E-state index contributed by atoms with van der Waals surface area (Å²) in [6.45, 7) is 3.21. The molecular formula is C20H25F4NO2. The van der Waals surface area contributed by atoms with Gasteiger partial charge >= 0.3 is 6.18 Å². The zero-order chi connectivity index (χ0) is 19.4. The van der Waals surface area contributed by atoms with Crippen molar-refractivity contribution in [3.05, 3.63) is 35.1 Å². The summed E-state index contributed by atoms with van der Waals surface area (Å²) < 4.78 is 57.2. The molecule has 0 aromatic heterocycles. The van der Waals surface area contributed by atoms with Crippen LogP contribution >= 0.6 is 0 Å². The highest BCUT2D eigenvalue weighted by molar-refractivity contribution is 5.86. The van der Waals surface area contributed by atoms with Gasteiger partial charge in [0.15, 0.2) is 5.78 Å². The van der Waals surface area contributed by atoms with Crippen LogP contribution in [0.15, 0.2) is 18.2 Å². The number of alkyl halides is 3. The van der Waals surface area contributed by atoms with Crippen molar-refractivity contribution in [3.63, 3.8) is 0 Å². The van der Waals surface area contributed by atoms with Crippen molar-refractivity contribution in [2.75, 3.05) is 26.3 Å². The summed E-state index contributed by atoms with van der Waals surface area (Å²) in [6, 6.07) is 2.53. The number of halogens is 4. The lowest BCUT2D eigenvalue weighted by atomic mass is 9.91. The van der Waals surface area contributed by atoms with E-state index in [0.29, 0.717) is 11.5 Å². The number of ketones is 1. The van der Waals surface area contributed by atoms with E-state index < -0.39 is 17.6 Å². The van der Waals surface area contributed by atoms with E-state index in [1.165, 1.54) is 6.07 Å². The largest absolute Gasteiger partial charge is 0.419 e. The molecule has 0 unspecified atom stereocenters. The highest BCUT2D eigenvalue weighted by Gasteiger charge is 2.34. The highest BCUT2D eigenvalue weighted by atomic mass is 19.4. The number of hydrogen-bond donors (Lipinski definition) is 0. The van der Waals surface area contributed by atoms with E-state index in [9.17, 15) is 22.4 Å². The second kappa shape index (κ2) is 8.69. The van der Waals surface area contributed by atoms with Gasteiger partial charge in [0.05, 0.1) is 11.6 Å². The molecule has 27 heavy (non-hydrogen) atoms. The van der Waals surface area contributed by atoms with E-state index in [-0.39, 0.29) is 18.2 Å². The van der Waals surface area contributed by atoms with Crippen LogP contribution in [0.3, 0.4) is 0 Å². The number of benzene rings is 1. The number of carbonyl (C=O) groups is 1. The molecule has 1 atom stereocenters. The quantitative estimate of drug-likeness (QED) is 0.708. The Morgan fingerprint density at radius 2 is 1.89 bits per heavy atom. The lowest BCUT2D eigenvalue weighted by Gasteiger charge is -2.38. The fraction of sp³-hybridized carbons (Fsp3) is 0.650. The Morgan fingerprint density at radius 1 is 1.15 bits per heavy atom. The Morgan fingerprint density at radius 3 is 2.56 bits per heavy atom. The average Bonchev–Trinajstić information content (AvgIpc) is 2.62. The molecule has 150 valence electrons. The molecule has 1 aromatic carbocycles. The molecule has 0 saturated carbocycles. The Balaban J connectivity index is 1.65. The molecule has 0 aliphatic carbocycles. The standard InChI is InChI=1S/C20H25F4NO2/c21-17-11-15(4-5-16(17)20(22,23)24)12-19(26)18-3-1-2-8-25(18)13-14-6-9-27-10-7-14/h4-5,11,14,18H,1-3,6-10,12-13H2/t18-/m0/s1. The molecule has 2 aliphatic rings. The SMILES string of the molecule is O=C(Cc1ccc(C(F)(F)F)c(F)c1)[C@@H]1CCCCN1CC1CCOCC1. The van der Waals surface area contributed by atoms with Gasteiger partial charge in [-0.05, 0) is 55.8 Å². The minimum Gasteiger partial charge on any atom is -0.381 e. The van der Waals surface area contributed by atoms with E-state index in [1.54, 1.807) is 0 Å². The third kappa shape index (κ3) is 5.29. The van der Waals surface area contributed by atoms with E-state index in [2.05, 4.69) is 4.90 Å². The molecule has 0 N–H and O–H groups in total. The first-order valence-electron chi connectivity index (χ1n) is 9.54. The molecule has 2 fully saturated rings. The molecule has 1 aromatic rings. The van der Waals surface area contributed by atoms with Crippen LogP contribution in [0, 0.1) is 11.7 Å². The first-order valence-corrected chi connectivity index (χ1v) is 9.54. The first kappa shape index (κ1) is 20.3. The summed E-state index contributed by atoms with van der Waals surface area (Å²) >= 11 is 0. The number of ether oxygens (including phenoxy) is 1. The lowest BCUT2D eigenvalue weighted by Crippen LogP contribution is -2.47. The third-order valence-corrected chi connectivity index (χ3v) is 5.54. The number of likely N-dealkylation sites (tertiary alicyclic amines) is 1. The second-order valence-corrected chi connectivity index (χ2v) is 7.52. The number of Topliss-reactive ketones (excluding diaryl/α,β-unsaturated/α-hetero) is 1. The summed E-state index contributed by atoms with van der Waals surface area (Å²) in [7, 11) is 0. The number of hydrogen-bond acceptors (Lipinski definition) is 3. The molecule has 3 nitrogen and oxygen atoms in total. The zero-order valence-corrected chi connectivity index (χ0v) is 15.2. The molecule has 0 spiro atoms. The molecule has 2 saturated heterocycles. The van der Waals surface area contributed by atoms with Crippen molar-refractivity contribution in [1.29, 1.82) is 0 Å². The van der Waals surface area contributed by atoms with Crippen molar-refractivity contribution in [3.8, 4) is 0 Å². The maximum absolute atomic E-state index is 13.8. The maximum Gasteiger partial charge on any atom is 0.419 e. The van der Waals surface area contributed by atoms with Crippen LogP contribution in [0.25, 0.3) is 0 Å². The van der Waals surface area contributed by atoms with Crippen LogP contribution in [0.1, 0.15) is 43.2 Å². The normalized spacial score (nSPS) is 22.7. The smallest absolute Gasteiger partial charge is 0.381 e. The second-order valence-electron chi connectivity index (χ2n) is 7.52. The Labute approximate surface area is 156 Å². The van der Waals surface area contributed by atoms with Gasteiger partial charge in [-0.25, -0.2) is 4.39 Å². The first-order chi connectivity index (χ1) is 12.8. The highest BCUT2D eigenvalue weighted by Crippen LogP contribution is 2.32. The van der Waals surface area contributed by atoms with Crippen molar-refractivity contribution in [2.45, 2.75) is 50.7 Å². The minimum atomic E-state index is -4.73. The van der Waals surface area contributed by atoms with Crippen LogP contribution in [-0.4, -0.2) is 43.0 Å². The van der Waals surface area contributed by atoms with Gasteiger partial charge in [-0.15, -0.1) is 0 Å². The predicted octanol–water partition coefficient (Wildman–Crippen LogP) is 4.24. The fourth-order valence-corrected chi connectivity index (χ4v) is 4.05. The van der Waals surface area contributed by atoms with Gasteiger partial charge < -0.3 is 4.74 Å². The summed E-state index contributed by atoms with van der Waals surface area (Å²) in [5, 5.41) is 0. The Hall–Kier alpha value is -1.47. The van der Waals surface area contributed by atoms with Crippen molar-refractivity contribution >= 4 is 5.78 Å². The van der Waals surface area contributed by atoms with Crippen LogP contribution in [0.2, 0.25) is 0 Å². The topological polar surface area (TPSA) is 29.5 Å². The van der Waals surface area contributed by atoms with Gasteiger partial charge in [0.1, 0.15) is 5.82 Å². The summed E-state index contributed by atoms with van der Waals surface area (Å²) in [5.74, 6) is -0.855. The molecule has 0 amide bonds. The average molecular weight is 387 g/mol. The van der Waals surface area contributed by atoms with Gasteiger partial charge in [0.2, 0.25) is 0 Å². The van der Waals surface area contributed by atoms with Gasteiger partial charge in [0.25, 0.3) is 0 Å². The molecular weight excluding hydrogens is 362 g/mol. The van der Waals surface area contributed by atoms with Gasteiger partial charge in [-0.2, -0.15) is 13.2 Å². The van der Waals surface area contributed by atoms with Crippen LogP contribution < -0.4 is 0 Å². The van der Waals surface area contributed by atoms with E-state index in [0.717, 1.165) is 70.5 Å². The fourth-order valence-electron chi connectivity index (χ4n) is 4.05. The van der Waals surface area contributed by atoms with Crippen LogP contribution in [-0.2, 0) is 22.1 Å². The van der Waals surface area contributed by atoms with Gasteiger partial charge in [-0.1, -0.05) is 12.5 Å². The third-order valence-electron chi connectivity index (χ3n) is 5.54. The molecule has 7 heteroatoms. The predicted molar refractivity (Wildman–Crippen MR) is 92.9 cm³/mol. The van der Waals surface area contributed by atoms with Gasteiger partial charge in [0, 0.05) is 26.2 Å². The number of nitrogens with zero attached hydrogens (tertiary/aromatic N) is 1. The lowest BCUT2D eigenvalue weighted by molar-refractivity contribution is -0.140. The number of carbonyl (C=O) groups excluding carboxylic acids is 1. The van der Waals surface area contributed by atoms with E-state index >= 15 is 0 Å². The molecule has 0 radical (unpaired) electrons. The van der Waals surface area contributed by atoms with Crippen molar-refractivity contribution in [2.24, 2.45) is 5.92 Å². The Bertz CT molecular complexity index is 656. The molecule has 0 bridgehead atoms. The van der Waals surface area contributed by atoms with Crippen molar-refractivity contribution in [1.82, 2.24) is 4.90 Å². The molecule has 3 rings (SSSR count). The van der Waals surface area contributed by atoms with Crippen LogP contribution in [0.5, 0.6) is 0 Å². The summed E-state index contributed by atoms with van der Waals surface area (Å²) in [5.41, 5.74) is -1.00. The monoisotopic (exact) mass is 387 g/mol. The van der Waals surface area contributed by atoms with E-state index in [1.807, 2.05) is 0 Å². The van der Waals surface area contributed by atoms with Gasteiger partial charge in [-0.3, -0.25) is 9.69 Å². The summed E-state index contributed by atoms with van der Waals surface area (Å²) in [6.07, 6.45) is -0.0291. The number of piperidine rings is 1.